The maximum absolute atomic E-state index is 10.2. The van der Waals surface area contributed by atoms with Crippen molar-refractivity contribution in [1.29, 1.82) is 0 Å². The van der Waals surface area contributed by atoms with Crippen LogP contribution in [0.1, 0.15) is 19.4 Å². The van der Waals surface area contributed by atoms with E-state index in [0.29, 0.717) is 17.1 Å². The first-order valence-corrected chi connectivity index (χ1v) is 5.19. The second-order valence-electron chi connectivity index (χ2n) is 3.68. The highest BCUT2D eigenvalue weighted by Crippen LogP contribution is 2.29. The van der Waals surface area contributed by atoms with E-state index in [0.717, 1.165) is 6.20 Å². The molecule has 0 radical (unpaired) electrons. The lowest BCUT2D eigenvalue weighted by molar-refractivity contribution is -0.400. The first-order chi connectivity index (χ1) is 8.02. The Morgan fingerprint density at radius 2 is 2.06 bits per heavy atom. The van der Waals surface area contributed by atoms with Crippen molar-refractivity contribution in [3.8, 4) is 11.5 Å². The van der Waals surface area contributed by atoms with Crippen molar-refractivity contribution in [2.75, 3.05) is 7.11 Å². The van der Waals surface area contributed by atoms with E-state index in [4.69, 9.17) is 9.47 Å². The molecule has 92 valence electrons. The van der Waals surface area contributed by atoms with Crippen LogP contribution in [0.25, 0.3) is 6.08 Å². The van der Waals surface area contributed by atoms with Crippen LogP contribution in [0.3, 0.4) is 0 Å². The molecule has 0 amide bonds. The number of nitrogens with zero attached hydrogens (tertiary/aromatic N) is 1. The summed E-state index contributed by atoms with van der Waals surface area (Å²) < 4.78 is 10.7. The minimum absolute atomic E-state index is 0.0454. The first kappa shape index (κ1) is 13.0. The molecule has 17 heavy (non-hydrogen) atoms. The molecule has 0 N–H and O–H groups in total. The molecule has 5 heteroatoms. The van der Waals surface area contributed by atoms with Crippen LogP contribution in [0.2, 0.25) is 0 Å². The van der Waals surface area contributed by atoms with Crippen LogP contribution < -0.4 is 9.47 Å². The van der Waals surface area contributed by atoms with Crippen molar-refractivity contribution in [2.45, 2.75) is 20.0 Å². The summed E-state index contributed by atoms with van der Waals surface area (Å²) in [7, 11) is 1.53. The first-order valence-electron chi connectivity index (χ1n) is 5.19. The predicted molar refractivity (Wildman–Crippen MR) is 64.8 cm³/mol. The number of methoxy groups -OCH3 is 1. The third-order valence-electron chi connectivity index (χ3n) is 1.94. The molecule has 0 aliphatic carbocycles. The van der Waals surface area contributed by atoms with Gasteiger partial charge in [0.25, 0.3) is 0 Å². The minimum atomic E-state index is -0.509. The Balaban J connectivity index is 2.95. The second kappa shape index (κ2) is 5.89. The Hall–Kier alpha value is -2.04. The van der Waals surface area contributed by atoms with Crippen LogP contribution in [-0.4, -0.2) is 18.1 Å². The lowest BCUT2D eigenvalue weighted by atomic mass is 10.2. The molecule has 5 nitrogen and oxygen atoms in total. The van der Waals surface area contributed by atoms with Crippen LogP contribution in [0, 0.1) is 10.1 Å². The molecule has 0 heterocycles. The summed E-state index contributed by atoms with van der Waals surface area (Å²) in [5.41, 5.74) is 0.689. The summed E-state index contributed by atoms with van der Waals surface area (Å²) in [5, 5.41) is 10.2. The quantitative estimate of drug-likeness (QED) is 0.583. The van der Waals surface area contributed by atoms with Crippen molar-refractivity contribution in [3.05, 3.63) is 40.1 Å². The molecule has 0 unspecified atom stereocenters. The highest BCUT2D eigenvalue weighted by Gasteiger charge is 2.06. The van der Waals surface area contributed by atoms with Crippen molar-refractivity contribution in [3.63, 3.8) is 0 Å². The Morgan fingerprint density at radius 3 is 2.59 bits per heavy atom. The maximum atomic E-state index is 10.2. The maximum Gasteiger partial charge on any atom is 0.235 e. The van der Waals surface area contributed by atoms with Gasteiger partial charge in [0.15, 0.2) is 11.5 Å². The summed E-state index contributed by atoms with van der Waals surface area (Å²) in [4.78, 5) is 9.69. The molecule has 1 rings (SSSR count). The van der Waals surface area contributed by atoms with Gasteiger partial charge in [-0.15, -0.1) is 0 Å². The third-order valence-corrected chi connectivity index (χ3v) is 1.94. The van der Waals surface area contributed by atoms with Gasteiger partial charge in [-0.3, -0.25) is 10.1 Å². The number of rotatable bonds is 5. The van der Waals surface area contributed by atoms with Gasteiger partial charge in [0.1, 0.15) is 0 Å². The van der Waals surface area contributed by atoms with Gasteiger partial charge in [-0.25, -0.2) is 0 Å². The van der Waals surface area contributed by atoms with E-state index in [1.807, 2.05) is 13.8 Å². The molecule has 0 atom stereocenters. The van der Waals surface area contributed by atoms with Crippen molar-refractivity contribution in [1.82, 2.24) is 0 Å². The van der Waals surface area contributed by atoms with Gasteiger partial charge >= 0.3 is 0 Å². The molecule has 1 aromatic carbocycles. The van der Waals surface area contributed by atoms with Gasteiger partial charge in [0.05, 0.1) is 18.1 Å². The van der Waals surface area contributed by atoms with E-state index in [9.17, 15) is 10.1 Å². The number of benzene rings is 1. The lowest BCUT2D eigenvalue weighted by Crippen LogP contribution is -2.06. The smallest absolute Gasteiger partial charge is 0.235 e. The molecule has 0 aliphatic heterocycles. The van der Waals surface area contributed by atoms with Crippen LogP contribution in [0.15, 0.2) is 24.4 Å². The predicted octanol–water partition coefficient (Wildman–Crippen LogP) is 2.73. The highest BCUT2D eigenvalue weighted by atomic mass is 16.6. The van der Waals surface area contributed by atoms with Crippen LogP contribution in [0.4, 0.5) is 0 Å². The standard InChI is InChI=1S/C12H15NO4/c1-9(2)17-11-5-4-10(6-7-13(14)15)8-12(11)16-3/h4-9H,1-3H3/b7-6+. The third kappa shape index (κ3) is 4.14. The van der Waals surface area contributed by atoms with Gasteiger partial charge in [-0.05, 0) is 31.5 Å². The monoisotopic (exact) mass is 237 g/mol. The fourth-order valence-electron chi connectivity index (χ4n) is 1.29. The van der Waals surface area contributed by atoms with Crippen molar-refractivity contribution >= 4 is 6.08 Å². The van der Waals surface area contributed by atoms with Gasteiger partial charge in [-0.2, -0.15) is 0 Å². The van der Waals surface area contributed by atoms with E-state index in [1.54, 1.807) is 18.2 Å². The zero-order valence-corrected chi connectivity index (χ0v) is 10.0. The molecule has 0 aliphatic rings. The number of nitro groups is 1. The Labute approximate surface area is 99.8 Å². The molecule has 0 spiro atoms. The van der Waals surface area contributed by atoms with Gasteiger partial charge in [-0.1, -0.05) is 6.07 Å². The van der Waals surface area contributed by atoms with E-state index < -0.39 is 4.92 Å². The zero-order chi connectivity index (χ0) is 12.8. The molecular weight excluding hydrogens is 222 g/mol. The summed E-state index contributed by atoms with van der Waals surface area (Å²) in [6, 6.07) is 5.16. The summed E-state index contributed by atoms with van der Waals surface area (Å²) >= 11 is 0. The average Bonchev–Trinajstić information content (AvgIpc) is 2.26. The SMILES string of the molecule is COc1cc(/C=C/[N+](=O)[O-])ccc1OC(C)C. The largest absolute Gasteiger partial charge is 0.493 e. The van der Waals surface area contributed by atoms with Crippen molar-refractivity contribution in [2.24, 2.45) is 0 Å². The summed E-state index contributed by atoms with van der Waals surface area (Å²) in [6.45, 7) is 3.83. The minimum Gasteiger partial charge on any atom is -0.493 e. The zero-order valence-electron chi connectivity index (χ0n) is 10.0. The van der Waals surface area contributed by atoms with Crippen LogP contribution >= 0.6 is 0 Å². The molecule has 0 saturated carbocycles. The second-order valence-corrected chi connectivity index (χ2v) is 3.68. The van der Waals surface area contributed by atoms with Crippen LogP contribution in [0.5, 0.6) is 11.5 Å². The molecule has 0 aromatic heterocycles. The lowest BCUT2D eigenvalue weighted by Gasteiger charge is -2.13. The fraction of sp³-hybridized carbons (Fsp3) is 0.333. The number of ether oxygens (including phenoxy) is 2. The molecule has 0 bridgehead atoms. The highest BCUT2D eigenvalue weighted by molar-refractivity contribution is 5.55. The fourth-order valence-corrected chi connectivity index (χ4v) is 1.29. The average molecular weight is 237 g/mol. The Kier molecular flexibility index (Phi) is 4.51. The summed E-state index contributed by atoms with van der Waals surface area (Å²) in [5.74, 6) is 1.19. The number of hydrogen-bond donors (Lipinski definition) is 0. The molecule has 0 fully saturated rings. The van der Waals surface area contributed by atoms with Gasteiger partial charge in [0, 0.05) is 6.08 Å². The topological polar surface area (TPSA) is 61.6 Å². The van der Waals surface area contributed by atoms with Gasteiger partial charge in [0.2, 0.25) is 6.20 Å². The van der Waals surface area contributed by atoms with E-state index in [-0.39, 0.29) is 6.10 Å². The normalized spacial score (nSPS) is 10.8. The van der Waals surface area contributed by atoms with E-state index >= 15 is 0 Å². The van der Waals surface area contributed by atoms with Gasteiger partial charge < -0.3 is 9.47 Å². The Bertz CT molecular complexity index is 427. The Morgan fingerprint density at radius 1 is 1.35 bits per heavy atom. The molecular formula is C12H15NO4. The number of hydrogen-bond acceptors (Lipinski definition) is 4. The summed E-state index contributed by atoms with van der Waals surface area (Å²) in [6.07, 6.45) is 2.34. The van der Waals surface area contributed by atoms with Crippen LogP contribution in [-0.2, 0) is 0 Å². The van der Waals surface area contributed by atoms with E-state index in [2.05, 4.69) is 0 Å². The molecule has 1 aromatic rings. The van der Waals surface area contributed by atoms with Crippen molar-refractivity contribution < 1.29 is 14.4 Å². The molecule has 0 saturated heterocycles. The van der Waals surface area contributed by atoms with E-state index in [1.165, 1.54) is 13.2 Å².